The van der Waals surface area contributed by atoms with Gasteiger partial charge in [0.25, 0.3) is 0 Å². The Labute approximate surface area is 123 Å². The first kappa shape index (κ1) is 12.8. The van der Waals surface area contributed by atoms with Gasteiger partial charge >= 0.3 is 0 Å². The Hall–Kier alpha value is -1.18. The van der Waals surface area contributed by atoms with Gasteiger partial charge < -0.3 is 5.32 Å². The third-order valence-electron chi connectivity index (χ3n) is 3.68. The van der Waals surface area contributed by atoms with Crippen LogP contribution in [0.4, 0.5) is 5.69 Å². The highest BCUT2D eigenvalue weighted by molar-refractivity contribution is 6.42. The molecule has 1 nitrogen and oxygen atoms in total. The maximum atomic E-state index is 6.09. The van der Waals surface area contributed by atoms with E-state index in [0.29, 0.717) is 10.0 Å². The average molecular weight is 292 g/mol. The average Bonchev–Trinajstić information content (AvgIpc) is 2.84. The van der Waals surface area contributed by atoms with E-state index in [1.165, 1.54) is 22.4 Å². The Morgan fingerprint density at radius 3 is 2.68 bits per heavy atom. The second-order valence-electron chi connectivity index (χ2n) is 4.92. The van der Waals surface area contributed by atoms with Gasteiger partial charge in [-0.3, -0.25) is 0 Å². The fourth-order valence-electron chi connectivity index (χ4n) is 2.57. The van der Waals surface area contributed by atoms with Gasteiger partial charge in [0.1, 0.15) is 0 Å². The zero-order valence-corrected chi connectivity index (χ0v) is 12.2. The first-order valence-corrected chi connectivity index (χ1v) is 7.26. The topological polar surface area (TPSA) is 12.0 Å². The summed E-state index contributed by atoms with van der Waals surface area (Å²) in [6.07, 6.45) is 2.08. The zero-order valence-electron chi connectivity index (χ0n) is 10.7. The lowest BCUT2D eigenvalue weighted by Crippen LogP contribution is -2.05. The Morgan fingerprint density at radius 2 is 1.95 bits per heavy atom. The highest BCUT2D eigenvalue weighted by Gasteiger charge is 2.22. The van der Waals surface area contributed by atoms with Gasteiger partial charge in [-0.25, -0.2) is 0 Å². The summed E-state index contributed by atoms with van der Waals surface area (Å²) >= 11 is 12.1. The molecule has 2 aromatic carbocycles. The molecule has 0 saturated carbocycles. The molecule has 0 amide bonds. The maximum Gasteiger partial charge on any atom is 0.0595 e. The van der Waals surface area contributed by atoms with E-state index in [-0.39, 0.29) is 6.04 Å². The van der Waals surface area contributed by atoms with E-state index < -0.39 is 0 Å². The smallest absolute Gasteiger partial charge is 0.0595 e. The zero-order chi connectivity index (χ0) is 13.4. The summed E-state index contributed by atoms with van der Waals surface area (Å²) in [4.78, 5) is 0. The van der Waals surface area contributed by atoms with Gasteiger partial charge in [-0.15, -0.1) is 0 Å². The molecule has 0 radical (unpaired) electrons. The Kier molecular flexibility index (Phi) is 3.42. The summed E-state index contributed by atoms with van der Waals surface area (Å²) < 4.78 is 0. The molecule has 1 atom stereocenters. The minimum atomic E-state index is 0.289. The van der Waals surface area contributed by atoms with Crippen LogP contribution in [0.25, 0.3) is 0 Å². The predicted octanol–water partition coefficient (Wildman–Crippen LogP) is 5.27. The first-order valence-electron chi connectivity index (χ1n) is 6.50. The summed E-state index contributed by atoms with van der Waals surface area (Å²) in [5.41, 5.74) is 5.18. The summed E-state index contributed by atoms with van der Waals surface area (Å²) in [5, 5.41) is 4.77. The van der Waals surface area contributed by atoms with Crippen molar-refractivity contribution in [3.63, 3.8) is 0 Å². The van der Waals surface area contributed by atoms with Crippen LogP contribution >= 0.6 is 23.2 Å². The van der Waals surface area contributed by atoms with Crippen molar-refractivity contribution in [2.45, 2.75) is 25.8 Å². The quantitative estimate of drug-likeness (QED) is 0.795. The molecule has 3 heteroatoms. The molecule has 1 aliphatic rings. The largest absolute Gasteiger partial charge is 0.378 e. The molecule has 2 aromatic rings. The Morgan fingerprint density at radius 1 is 1.11 bits per heavy atom. The summed E-state index contributed by atoms with van der Waals surface area (Å²) in [5.74, 6) is 0. The van der Waals surface area contributed by atoms with Crippen LogP contribution in [-0.2, 0) is 12.8 Å². The van der Waals surface area contributed by atoms with Crippen LogP contribution in [0.5, 0.6) is 0 Å². The number of nitrogens with one attached hydrogen (secondary N) is 1. The second kappa shape index (κ2) is 5.07. The minimum Gasteiger partial charge on any atom is -0.378 e. The molecular weight excluding hydrogens is 277 g/mol. The second-order valence-corrected chi connectivity index (χ2v) is 5.73. The van der Waals surface area contributed by atoms with Gasteiger partial charge in [0.2, 0.25) is 0 Å². The van der Waals surface area contributed by atoms with E-state index in [4.69, 9.17) is 23.2 Å². The molecule has 0 bridgehead atoms. The molecule has 0 aromatic heterocycles. The van der Waals surface area contributed by atoms with Crippen LogP contribution in [0.1, 0.15) is 29.7 Å². The monoisotopic (exact) mass is 291 g/mol. The van der Waals surface area contributed by atoms with E-state index in [1.807, 2.05) is 18.2 Å². The molecular formula is C16H15Cl2N. The van der Waals surface area contributed by atoms with Crippen molar-refractivity contribution in [2.75, 3.05) is 5.32 Å². The number of fused-ring (bicyclic) bond motifs is 1. The number of halogens is 2. The highest BCUT2D eigenvalue weighted by atomic mass is 35.5. The van der Waals surface area contributed by atoms with Crippen molar-refractivity contribution < 1.29 is 0 Å². The number of anilines is 1. The highest BCUT2D eigenvalue weighted by Crippen LogP contribution is 2.36. The van der Waals surface area contributed by atoms with Gasteiger partial charge in [-0.1, -0.05) is 48.3 Å². The van der Waals surface area contributed by atoms with Gasteiger partial charge in [0.15, 0.2) is 0 Å². The van der Waals surface area contributed by atoms with Crippen LogP contribution < -0.4 is 5.32 Å². The lowest BCUT2D eigenvalue weighted by molar-refractivity contribution is 0.824. The molecule has 3 rings (SSSR count). The van der Waals surface area contributed by atoms with E-state index in [1.54, 1.807) is 0 Å². The molecule has 1 aliphatic heterocycles. The molecule has 98 valence electrons. The molecule has 0 spiro atoms. The first-order chi connectivity index (χ1) is 9.17. The number of hydrogen-bond acceptors (Lipinski definition) is 1. The summed E-state index contributed by atoms with van der Waals surface area (Å²) in [6, 6.07) is 12.8. The van der Waals surface area contributed by atoms with Gasteiger partial charge in [0.05, 0.1) is 16.1 Å². The van der Waals surface area contributed by atoms with Gasteiger partial charge in [0, 0.05) is 5.69 Å². The van der Waals surface area contributed by atoms with Crippen LogP contribution in [0.2, 0.25) is 10.0 Å². The standard InChI is InChI=1S/C16H15Cl2N/c1-2-10-3-6-15-12(7-10)9-16(19-15)11-4-5-13(17)14(18)8-11/h3-8,16,19H,2,9H2,1H3. The van der Waals surface area contributed by atoms with Crippen LogP contribution in [-0.4, -0.2) is 0 Å². The van der Waals surface area contributed by atoms with E-state index in [2.05, 4.69) is 30.4 Å². The molecule has 1 unspecified atom stereocenters. The van der Waals surface area contributed by atoms with Gasteiger partial charge in [-0.05, 0) is 47.7 Å². The van der Waals surface area contributed by atoms with Crippen molar-refractivity contribution in [1.29, 1.82) is 0 Å². The van der Waals surface area contributed by atoms with Crippen molar-refractivity contribution in [3.8, 4) is 0 Å². The Bertz CT molecular complexity index is 622. The van der Waals surface area contributed by atoms with Crippen molar-refractivity contribution in [1.82, 2.24) is 0 Å². The third-order valence-corrected chi connectivity index (χ3v) is 4.42. The number of hydrogen-bond donors (Lipinski definition) is 1. The van der Waals surface area contributed by atoms with E-state index in [9.17, 15) is 0 Å². The normalized spacial score (nSPS) is 17.1. The Balaban J connectivity index is 1.88. The number of aryl methyl sites for hydroxylation is 1. The predicted molar refractivity (Wildman–Crippen MR) is 82.3 cm³/mol. The summed E-state index contributed by atoms with van der Waals surface area (Å²) in [6.45, 7) is 2.18. The van der Waals surface area contributed by atoms with Crippen LogP contribution in [0, 0.1) is 0 Å². The third kappa shape index (κ3) is 2.45. The fraction of sp³-hybridized carbons (Fsp3) is 0.250. The molecule has 1 heterocycles. The van der Waals surface area contributed by atoms with Crippen LogP contribution in [0.15, 0.2) is 36.4 Å². The fourth-order valence-corrected chi connectivity index (χ4v) is 2.87. The SMILES string of the molecule is CCc1ccc2c(c1)CC(c1ccc(Cl)c(Cl)c1)N2. The van der Waals surface area contributed by atoms with Crippen LogP contribution in [0.3, 0.4) is 0 Å². The lowest BCUT2D eigenvalue weighted by Gasteiger charge is -2.12. The molecule has 19 heavy (non-hydrogen) atoms. The number of benzene rings is 2. The van der Waals surface area contributed by atoms with E-state index in [0.717, 1.165) is 12.8 Å². The van der Waals surface area contributed by atoms with Crippen molar-refractivity contribution >= 4 is 28.9 Å². The lowest BCUT2D eigenvalue weighted by atomic mass is 10.0. The molecule has 0 fully saturated rings. The van der Waals surface area contributed by atoms with E-state index >= 15 is 0 Å². The maximum absolute atomic E-state index is 6.09. The van der Waals surface area contributed by atoms with Gasteiger partial charge in [-0.2, -0.15) is 0 Å². The number of rotatable bonds is 2. The minimum absolute atomic E-state index is 0.289. The van der Waals surface area contributed by atoms with Crippen molar-refractivity contribution in [3.05, 3.63) is 63.1 Å². The molecule has 0 aliphatic carbocycles. The molecule has 0 saturated heterocycles. The van der Waals surface area contributed by atoms with Crippen molar-refractivity contribution in [2.24, 2.45) is 0 Å². The summed E-state index contributed by atoms with van der Waals surface area (Å²) in [7, 11) is 0. The molecule has 1 N–H and O–H groups in total.